The van der Waals surface area contributed by atoms with Gasteiger partial charge in [0.05, 0.1) is 0 Å². The molecule has 0 atom stereocenters. The lowest BCUT2D eigenvalue weighted by atomic mass is 9.91. The molecule has 0 fully saturated rings. The maximum absolute atomic E-state index is 6.23. The third-order valence-electron chi connectivity index (χ3n) is 10.4. The second-order valence-electron chi connectivity index (χ2n) is 13.3. The maximum Gasteiger partial charge on any atom is 0.135 e. The van der Waals surface area contributed by atoms with E-state index in [1.165, 1.54) is 63.6 Å². The fraction of sp³-hybridized carbons (Fsp3) is 0. The lowest BCUT2D eigenvalue weighted by Gasteiger charge is -2.26. The van der Waals surface area contributed by atoms with Crippen molar-refractivity contribution < 1.29 is 4.42 Å². The highest BCUT2D eigenvalue weighted by Gasteiger charge is 2.18. The number of para-hydroxylation sites is 1. The minimum Gasteiger partial charge on any atom is -0.456 e. The number of nitrogens with zero attached hydrogens (tertiary/aromatic N) is 1. The molecule has 2 heterocycles. The molecule has 0 amide bonds. The quantitative estimate of drug-likeness (QED) is 0.174. The molecule has 0 N–H and O–H groups in total. The molecule has 0 aliphatic rings. The Labute approximate surface area is 298 Å². The fourth-order valence-corrected chi connectivity index (χ4v) is 9.18. The summed E-state index contributed by atoms with van der Waals surface area (Å²) in [6.45, 7) is 0. The van der Waals surface area contributed by atoms with Crippen LogP contribution in [0.3, 0.4) is 0 Å². The molecule has 0 radical (unpaired) electrons. The van der Waals surface area contributed by atoms with Gasteiger partial charge in [-0.2, -0.15) is 0 Å². The molecule has 0 spiro atoms. The average molecular weight is 668 g/mol. The van der Waals surface area contributed by atoms with Gasteiger partial charge in [0.15, 0.2) is 0 Å². The van der Waals surface area contributed by atoms with Gasteiger partial charge in [0.1, 0.15) is 11.2 Å². The molecule has 0 bridgehead atoms. The van der Waals surface area contributed by atoms with Crippen molar-refractivity contribution in [2.45, 2.75) is 0 Å². The molecule has 0 unspecified atom stereocenters. The molecule has 2 aromatic heterocycles. The minimum absolute atomic E-state index is 0.894. The minimum atomic E-state index is 0.894. The highest BCUT2D eigenvalue weighted by molar-refractivity contribution is 7.25. The van der Waals surface area contributed by atoms with Crippen molar-refractivity contribution in [3.8, 4) is 11.1 Å². The van der Waals surface area contributed by atoms with Gasteiger partial charge in [0.2, 0.25) is 0 Å². The topological polar surface area (TPSA) is 16.4 Å². The molecule has 11 rings (SSSR count). The van der Waals surface area contributed by atoms with E-state index in [1.807, 2.05) is 23.5 Å². The van der Waals surface area contributed by atoms with Crippen LogP contribution in [0, 0.1) is 0 Å². The Bertz CT molecular complexity index is 3150. The molecule has 0 aliphatic carbocycles. The van der Waals surface area contributed by atoms with Crippen molar-refractivity contribution >= 4 is 103 Å². The first kappa shape index (κ1) is 28.4. The van der Waals surface area contributed by atoms with E-state index in [4.69, 9.17) is 4.42 Å². The van der Waals surface area contributed by atoms with E-state index in [0.717, 1.165) is 39.0 Å². The number of hydrogen-bond donors (Lipinski definition) is 0. The van der Waals surface area contributed by atoms with Crippen LogP contribution in [0.1, 0.15) is 0 Å². The Balaban J connectivity index is 1.10. The summed E-state index contributed by atoms with van der Waals surface area (Å²) in [5.74, 6) is 0. The van der Waals surface area contributed by atoms with Crippen LogP contribution in [0.25, 0.3) is 85.6 Å². The molecule has 0 saturated heterocycles. The predicted octanol–water partition coefficient (Wildman–Crippen LogP) is 14.6. The van der Waals surface area contributed by atoms with Gasteiger partial charge in [-0.05, 0) is 104 Å². The summed E-state index contributed by atoms with van der Waals surface area (Å²) in [6, 6.07) is 63.9. The van der Waals surface area contributed by atoms with E-state index >= 15 is 0 Å². The summed E-state index contributed by atoms with van der Waals surface area (Å²) >= 11 is 1.85. The highest BCUT2D eigenvalue weighted by Crippen LogP contribution is 2.44. The lowest BCUT2D eigenvalue weighted by Crippen LogP contribution is -2.09. The highest BCUT2D eigenvalue weighted by atomic mass is 32.1. The van der Waals surface area contributed by atoms with Crippen LogP contribution in [-0.4, -0.2) is 0 Å². The Morgan fingerprint density at radius 1 is 0.353 bits per heavy atom. The van der Waals surface area contributed by atoms with Crippen molar-refractivity contribution in [2.24, 2.45) is 0 Å². The number of rotatable bonds is 4. The molecular formula is C48H29NOS. The summed E-state index contributed by atoms with van der Waals surface area (Å²) in [7, 11) is 0. The van der Waals surface area contributed by atoms with Crippen molar-refractivity contribution in [3.05, 3.63) is 176 Å². The first-order chi connectivity index (χ1) is 25.3. The molecule has 238 valence electrons. The zero-order valence-electron chi connectivity index (χ0n) is 27.5. The van der Waals surface area contributed by atoms with Gasteiger partial charge < -0.3 is 9.32 Å². The van der Waals surface area contributed by atoms with Gasteiger partial charge in [0, 0.05) is 48.0 Å². The molecule has 2 nitrogen and oxygen atoms in total. The Kier molecular flexibility index (Phi) is 6.16. The van der Waals surface area contributed by atoms with Crippen molar-refractivity contribution in [3.63, 3.8) is 0 Å². The summed E-state index contributed by atoms with van der Waals surface area (Å²) in [4.78, 5) is 2.38. The third-order valence-corrected chi connectivity index (χ3v) is 11.6. The maximum atomic E-state index is 6.23. The van der Waals surface area contributed by atoms with Crippen molar-refractivity contribution in [1.82, 2.24) is 0 Å². The number of fused-ring (bicyclic) bond motifs is 11. The van der Waals surface area contributed by atoms with Crippen molar-refractivity contribution in [2.75, 3.05) is 4.90 Å². The molecular weight excluding hydrogens is 639 g/mol. The van der Waals surface area contributed by atoms with E-state index in [1.54, 1.807) is 0 Å². The molecule has 0 saturated carbocycles. The zero-order valence-corrected chi connectivity index (χ0v) is 28.3. The van der Waals surface area contributed by atoms with E-state index in [9.17, 15) is 0 Å². The number of benzene rings is 9. The van der Waals surface area contributed by atoms with Gasteiger partial charge in [0.25, 0.3) is 0 Å². The van der Waals surface area contributed by atoms with E-state index in [2.05, 4.69) is 169 Å². The molecule has 0 aliphatic heterocycles. The number of hydrogen-bond acceptors (Lipinski definition) is 3. The van der Waals surface area contributed by atoms with Gasteiger partial charge in [-0.3, -0.25) is 0 Å². The van der Waals surface area contributed by atoms with Gasteiger partial charge in [-0.1, -0.05) is 115 Å². The monoisotopic (exact) mass is 667 g/mol. The van der Waals surface area contributed by atoms with Gasteiger partial charge >= 0.3 is 0 Å². The first-order valence-corrected chi connectivity index (χ1v) is 18.1. The SMILES string of the molecule is c1ccc2c(c1)ccc1c3ccccc3c(-c3ccc(N(c4ccc5c(c4)sc4ccccc45)c4ccc5oc6ccccc6c5c4)cc3)cc21. The second-order valence-corrected chi connectivity index (χ2v) is 14.4. The standard InChI is InChI=1S/C48H29NOS/c1-2-10-35-30(9-1)19-24-38-36-11-3-4-12-37(36)42(29-43(35)38)31-17-20-32(21-18-31)49(33-23-26-46-44(27-33)39-13-5-7-15-45(39)50-46)34-22-25-41-40-14-6-8-16-47(40)51-48(41)28-34/h1-29H. The zero-order chi connectivity index (χ0) is 33.5. The normalized spacial score (nSPS) is 11.9. The Morgan fingerprint density at radius 3 is 1.84 bits per heavy atom. The summed E-state index contributed by atoms with van der Waals surface area (Å²) in [5.41, 5.74) is 7.54. The number of anilines is 3. The summed E-state index contributed by atoms with van der Waals surface area (Å²) in [5, 5.41) is 12.5. The van der Waals surface area contributed by atoms with Crippen LogP contribution in [0.4, 0.5) is 17.1 Å². The van der Waals surface area contributed by atoms with Gasteiger partial charge in [-0.25, -0.2) is 0 Å². The lowest BCUT2D eigenvalue weighted by molar-refractivity contribution is 0.669. The number of furan rings is 1. The average Bonchev–Trinajstić information content (AvgIpc) is 3.76. The smallest absolute Gasteiger partial charge is 0.135 e. The molecule has 51 heavy (non-hydrogen) atoms. The van der Waals surface area contributed by atoms with Crippen molar-refractivity contribution in [1.29, 1.82) is 0 Å². The predicted molar refractivity (Wildman–Crippen MR) is 219 cm³/mol. The Hall–Kier alpha value is -6.42. The van der Waals surface area contributed by atoms with Crippen LogP contribution in [0.15, 0.2) is 180 Å². The summed E-state index contributed by atoms with van der Waals surface area (Å²) in [6.07, 6.45) is 0. The molecule has 3 heteroatoms. The van der Waals surface area contributed by atoms with Gasteiger partial charge in [-0.15, -0.1) is 11.3 Å². The van der Waals surface area contributed by atoms with Crippen LogP contribution in [-0.2, 0) is 0 Å². The molecule has 9 aromatic carbocycles. The van der Waals surface area contributed by atoms with Crippen LogP contribution >= 0.6 is 11.3 Å². The van der Waals surface area contributed by atoms with E-state index in [0.29, 0.717) is 0 Å². The molecule has 11 aromatic rings. The van der Waals surface area contributed by atoms with Crippen LogP contribution in [0.2, 0.25) is 0 Å². The van der Waals surface area contributed by atoms with E-state index in [-0.39, 0.29) is 0 Å². The van der Waals surface area contributed by atoms with Crippen LogP contribution in [0.5, 0.6) is 0 Å². The Morgan fingerprint density at radius 2 is 0.961 bits per heavy atom. The van der Waals surface area contributed by atoms with E-state index < -0.39 is 0 Å². The van der Waals surface area contributed by atoms with Crippen LogP contribution < -0.4 is 4.90 Å². The fourth-order valence-electron chi connectivity index (χ4n) is 8.04. The first-order valence-electron chi connectivity index (χ1n) is 17.3. The summed E-state index contributed by atoms with van der Waals surface area (Å²) < 4.78 is 8.82. The third kappa shape index (κ3) is 4.42. The number of thiophene rings is 1. The largest absolute Gasteiger partial charge is 0.456 e. The second kappa shape index (κ2) is 11.0.